The first-order chi connectivity index (χ1) is 10.0. The van der Waals surface area contributed by atoms with Crippen LogP contribution in [0.15, 0.2) is 36.7 Å². The van der Waals surface area contributed by atoms with Crippen LogP contribution < -0.4 is 5.32 Å². The monoisotopic (exact) mass is 306 g/mol. The molecule has 0 saturated carbocycles. The van der Waals surface area contributed by atoms with Crippen LogP contribution in [0, 0.1) is 0 Å². The number of halogens is 1. The van der Waals surface area contributed by atoms with E-state index in [1.807, 2.05) is 55.7 Å². The van der Waals surface area contributed by atoms with Crippen molar-refractivity contribution in [2.75, 3.05) is 13.6 Å². The summed E-state index contributed by atoms with van der Waals surface area (Å²) in [6.07, 6.45) is 3.75. The van der Waals surface area contributed by atoms with Gasteiger partial charge in [-0.1, -0.05) is 23.7 Å². The second-order valence-electron chi connectivity index (χ2n) is 5.10. The van der Waals surface area contributed by atoms with Gasteiger partial charge in [0.05, 0.1) is 12.7 Å². The molecule has 112 valence electrons. The summed E-state index contributed by atoms with van der Waals surface area (Å²) in [7, 11) is 3.79. The number of likely N-dealkylation sites (N-methyl/N-ethyl adjacent to an activating group) is 1. The first-order valence-corrected chi connectivity index (χ1v) is 7.08. The van der Waals surface area contributed by atoms with Crippen LogP contribution in [0.25, 0.3) is 0 Å². The number of hydrogen-bond acceptors (Lipinski definition) is 3. The molecule has 1 aromatic heterocycles. The molecule has 0 aliphatic carbocycles. The molecular formula is C15H19ClN4O. The van der Waals surface area contributed by atoms with Crippen molar-refractivity contribution in [2.45, 2.75) is 13.1 Å². The van der Waals surface area contributed by atoms with Gasteiger partial charge in [-0.25, -0.2) is 0 Å². The van der Waals surface area contributed by atoms with Crippen molar-refractivity contribution in [1.29, 1.82) is 0 Å². The number of hydrogen-bond donors (Lipinski definition) is 1. The Labute approximate surface area is 129 Å². The number of nitrogens with one attached hydrogen (secondary N) is 1. The van der Waals surface area contributed by atoms with E-state index in [1.54, 1.807) is 4.68 Å². The standard InChI is InChI=1S/C15H19ClN4O/c1-19(9-13-8-18-20(2)10-13)11-15(21)17-7-12-3-5-14(16)6-4-12/h3-6,8,10H,7,9,11H2,1-2H3,(H,17,21). The van der Waals surface area contributed by atoms with Gasteiger partial charge in [0.2, 0.25) is 5.91 Å². The summed E-state index contributed by atoms with van der Waals surface area (Å²) >= 11 is 5.82. The fraction of sp³-hybridized carbons (Fsp3) is 0.333. The van der Waals surface area contributed by atoms with E-state index in [4.69, 9.17) is 11.6 Å². The normalized spacial score (nSPS) is 10.9. The highest BCUT2D eigenvalue weighted by molar-refractivity contribution is 6.30. The summed E-state index contributed by atoms with van der Waals surface area (Å²) in [6.45, 7) is 1.56. The molecule has 1 amide bonds. The molecule has 6 heteroatoms. The lowest BCUT2D eigenvalue weighted by Gasteiger charge is -2.15. The predicted octanol–water partition coefficient (Wildman–Crippen LogP) is 1.82. The van der Waals surface area contributed by atoms with Gasteiger partial charge in [-0.05, 0) is 24.7 Å². The highest BCUT2D eigenvalue weighted by Crippen LogP contribution is 2.09. The highest BCUT2D eigenvalue weighted by atomic mass is 35.5. The van der Waals surface area contributed by atoms with Crippen molar-refractivity contribution in [3.05, 3.63) is 52.8 Å². The Hall–Kier alpha value is -1.85. The number of benzene rings is 1. The van der Waals surface area contributed by atoms with E-state index in [1.165, 1.54) is 0 Å². The van der Waals surface area contributed by atoms with Gasteiger partial charge in [0.25, 0.3) is 0 Å². The zero-order valence-corrected chi connectivity index (χ0v) is 13.0. The molecule has 0 atom stereocenters. The number of amides is 1. The Bertz CT molecular complexity index is 594. The quantitative estimate of drug-likeness (QED) is 0.886. The topological polar surface area (TPSA) is 50.2 Å². The predicted molar refractivity (Wildman–Crippen MR) is 82.8 cm³/mol. The fourth-order valence-electron chi connectivity index (χ4n) is 2.03. The highest BCUT2D eigenvalue weighted by Gasteiger charge is 2.08. The zero-order chi connectivity index (χ0) is 15.2. The molecule has 0 spiro atoms. The number of rotatable bonds is 6. The number of carbonyl (C=O) groups is 1. The Morgan fingerprint density at radius 1 is 1.33 bits per heavy atom. The van der Waals surface area contributed by atoms with E-state index in [9.17, 15) is 4.79 Å². The molecular weight excluding hydrogens is 288 g/mol. The summed E-state index contributed by atoms with van der Waals surface area (Å²) < 4.78 is 1.75. The fourth-order valence-corrected chi connectivity index (χ4v) is 2.15. The number of aryl methyl sites for hydroxylation is 1. The number of aromatic nitrogens is 2. The maximum absolute atomic E-state index is 11.9. The van der Waals surface area contributed by atoms with Crippen molar-refractivity contribution in [2.24, 2.45) is 7.05 Å². The van der Waals surface area contributed by atoms with Crippen LogP contribution in [0.1, 0.15) is 11.1 Å². The van der Waals surface area contributed by atoms with Crippen molar-refractivity contribution in [3.8, 4) is 0 Å². The van der Waals surface area contributed by atoms with Gasteiger partial charge in [0.1, 0.15) is 0 Å². The molecule has 21 heavy (non-hydrogen) atoms. The van der Waals surface area contributed by atoms with Crippen LogP contribution in [0.5, 0.6) is 0 Å². The molecule has 1 aromatic carbocycles. The van der Waals surface area contributed by atoms with Crippen molar-refractivity contribution in [3.63, 3.8) is 0 Å². The third kappa shape index (κ3) is 5.21. The van der Waals surface area contributed by atoms with Crippen LogP contribution in [-0.2, 0) is 24.9 Å². The molecule has 0 bridgehead atoms. The Morgan fingerprint density at radius 2 is 2.05 bits per heavy atom. The number of nitrogens with zero attached hydrogens (tertiary/aromatic N) is 3. The average Bonchev–Trinajstić information content (AvgIpc) is 2.83. The SMILES string of the molecule is CN(CC(=O)NCc1ccc(Cl)cc1)Cc1cnn(C)c1. The second-order valence-corrected chi connectivity index (χ2v) is 5.53. The summed E-state index contributed by atoms with van der Waals surface area (Å²) in [5, 5.41) is 7.70. The number of carbonyl (C=O) groups excluding carboxylic acids is 1. The Morgan fingerprint density at radius 3 is 2.67 bits per heavy atom. The minimum absolute atomic E-state index is 0.00339. The third-order valence-corrected chi connectivity index (χ3v) is 3.28. The molecule has 0 fully saturated rings. The molecule has 0 saturated heterocycles. The zero-order valence-electron chi connectivity index (χ0n) is 12.2. The molecule has 0 unspecified atom stereocenters. The van der Waals surface area contributed by atoms with Crippen LogP contribution in [0.2, 0.25) is 5.02 Å². The van der Waals surface area contributed by atoms with Crippen LogP contribution in [-0.4, -0.2) is 34.2 Å². The molecule has 2 aromatic rings. The second kappa shape index (κ2) is 7.24. The molecule has 1 N–H and O–H groups in total. The maximum Gasteiger partial charge on any atom is 0.234 e. The van der Waals surface area contributed by atoms with E-state index in [2.05, 4.69) is 10.4 Å². The van der Waals surface area contributed by atoms with E-state index in [-0.39, 0.29) is 5.91 Å². The van der Waals surface area contributed by atoms with Gasteiger partial charge in [-0.15, -0.1) is 0 Å². The third-order valence-electron chi connectivity index (χ3n) is 3.03. The van der Waals surface area contributed by atoms with Crippen molar-refractivity contribution >= 4 is 17.5 Å². The summed E-state index contributed by atoms with van der Waals surface area (Å²) in [4.78, 5) is 13.8. The largest absolute Gasteiger partial charge is 0.351 e. The first-order valence-electron chi connectivity index (χ1n) is 6.70. The van der Waals surface area contributed by atoms with Crippen molar-refractivity contribution in [1.82, 2.24) is 20.0 Å². The summed E-state index contributed by atoms with van der Waals surface area (Å²) in [5.41, 5.74) is 2.12. The van der Waals surface area contributed by atoms with Crippen LogP contribution in [0.4, 0.5) is 0 Å². The van der Waals surface area contributed by atoms with Gasteiger partial charge in [0.15, 0.2) is 0 Å². The minimum Gasteiger partial charge on any atom is -0.351 e. The molecule has 0 aliphatic heterocycles. The average molecular weight is 307 g/mol. The van der Waals surface area contributed by atoms with Gasteiger partial charge in [-0.2, -0.15) is 5.10 Å². The smallest absolute Gasteiger partial charge is 0.234 e. The van der Waals surface area contributed by atoms with E-state index in [0.29, 0.717) is 24.7 Å². The Balaban J connectivity index is 1.74. The molecule has 0 aliphatic rings. The van der Waals surface area contributed by atoms with Gasteiger partial charge < -0.3 is 5.32 Å². The van der Waals surface area contributed by atoms with Crippen LogP contribution in [0.3, 0.4) is 0 Å². The lowest BCUT2D eigenvalue weighted by atomic mass is 10.2. The van der Waals surface area contributed by atoms with E-state index < -0.39 is 0 Å². The maximum atomic E-state index is 11.9. The van der Waals surface area contributed by atoms with Gasteiger partial charge in [-0.3, -0.25) is 14.4 Å². The lowest BCUT2D eigenvalue weighted by Crippen LogP contribution is -2.34. The minimum atomic E-state index is -0.00339. The van der Waals surface area contributed by atoms with Crippen molar-refractivity contribution < 1.29 is 4.79 Å². The van der Waals surface area contributed by atoms with E-state index in [0.717, 1.165) is 11.1 Å². The Kier molecular flexibility index (Phi) is 5.36. The van der Waals surface area contributed by atoms with Crippen LogP contribution >= 0.6 is 11.6 Å². The first kappa shape index (κ1) is 15.5. The van der Waals surface area contributed by atoms with Gasteiger partial charge in [0, 0.05) is 36.9 Å². The molecule has 5 nitrogen and oxygen atoms in total. The molecule has 2 rings (SSSR count). The molecule has 0 radical (unpaired) electrons. The summed E-state index contributed by atoms with van der Waals surface area (Å²) in [5.74, 6) is -0.00339. The molecule has 1 heterocycles. The van der Waals surface area contributed by atoms with E-state index >= 15 is 0 Å². The lowest BCUT2D eigenvalue weighted by molar-refractivity contribution is -0.122. The summed E-state index contributed by atoms with van der Waals surface area (Å²) in [6, 6.07) is 7.44. The van der Waals surface area contributed by atoms with Gasteiger partial charge >= 0.3 is 0 Å².